The predicted octanol–water partition coefficient (Wildman–Crippen LogP) is 2.68. The summed E-state index contributed by atoms with van der Waals surface area (Å²) in [5, 5.41) is 10.6. The molecule has 0 radical (unpaired) electrons. The van der Waals surface area contributed by atoms with Gasteiger partial charge >= 0.3 is 0 Å². The molecule has 0 aliphatic carbocycles. The van der Waals surface area contributed by atoms with Crippen molar-refractivity contribution in [1.82, 2.24) is 15.1 Å². The first-order valence-electron chi connectivity index (χ1n) is 7.37. The standard InChI is InChI=1S/C16H20N4O.ClH/c1-12-5-2-3-7-14(12)20-15(8-10-18-20)19-16(21)11-13-6-4-9-17-13;/h2-3,5,7-8,10,13,17H,4,6,9,11H2,1H3,(H,19,21);1H. The van der Waals surface area contributed by atoms with Crippen LogP contribution in [-0.2, 0) is 4.79 Å². The van der Waals surface area contributed by atoms with Crippen molar-refractivity contribution in [2.45, 2.75) is 32.2 Å². The number of hydrogen-bond donors (Lipinski definition) is 2. The zero-order valence-electron chi connectivity index (χ0n) is 12.6. The number of amides is 1. The van der Waals surface area contributed by atoms with E-state index in [0.717, 1.165) is 30.6 Å². The second kappa shape index (κ2) is 7.42. The molecule has 118 valence electrons. The van der Waals surface area contributed by atoms with Gasteiger partial charge in [0.1, 0.15) is 5.82 Å². The first-order valence-corrected chi connectivity index (χ1v) is 7.37. The molecule has 3 rings (SSSR count). The van der Waals surface area contributed by atoms with Crippen molar-refractivity contribution in [2.75, 3.05) is 11.9 Å². The van der Waals surface area contributed by atoms with Gasteiger partial charge in [0.25, 0.3) is 0 Å². The maximum atomic E-state index is 12.1. The summed E-state index contributed by atoms with van der Waals surface area (Å²) in [4.78, 5) is 12.1. The van der Waals surface area contributed by atoms with Crippen LogP contribution in [0.25, 0.3) is 5.69 Å². The number of halogens is 1. The van der Waals surface area contributed by atoms with Crippen molar-refractivity contribution < 1.29 is 4.79 Å². The third-order valence-electron chi connectivity index (χ3n) is 3.85. The van der Waals surface area contributed by atoms with Crippen LogP contribution in [0.4, 0.5) is 5.82 Å². The lowest BCUT2D eigenvalue weighted by atomic mass is 10.1. The minimum atomic E-state index is 0. The molecule has 1 amide bonds. The fourth-order valence-corrected chi connectivity index (χ4v) is 2.74. The number of nitrogens with zero attached hydrogens (tertiary/aromatic N) is 2. The van der Waals surface area contributed by atoms with Gasteiger partial charge in [-0.3, -0.25) is 4.79 Å². The molecule has 1 saturated heterocycles. The number of aromatic nitrogens is 2. The van der Waals surface area contributed by atoms with Crippen molar-refractivity contribution in [1.29, 1.82) is 0 Å². The summed E-state index contributed by atoms with van der Waals surface area (Å²) in [5.74, 6) is 0.747. The Morgan fingerprint density at radius 1 is 1.41 bits per heavy atom. The predicted molar refractivity (Wildman–Crippen MR) is 89.8 cm³/mol. The summed E-state index contributed by atoms with van der Waals surface area (Å²) in [6.07, 6.45) is 4.44. The van der Waals surface area contributed by atoms with Gasteiger partial charge in [-0.15, -0.1) is 12.4 Å². The fourth-order valence-electron chi connectivity index (χ4n) is 2.74. The number of benzene rings is 1. The van der Waals surface area contributed by atoms with Crippen molar-refractivity contribution >= 4 is 24.1 Å². The van der Waals surface area contributed by atoms with E-state index in [1.165, 1.54) is 0 Å². The first kappa shape index (κ1) is 16.5. The molecular formula is C16H21ClN4O. The van der Waals surface area contributed by atoms with Gasteiger partial charge in [0, 0.05) is 18.5 Å². The summed E-state index contributed by atoms with van der Waals surface area (Å²) in [6, 6.07) is 10.1. The van der Waals surface area contributed by atoms with Crippen LogP contribution in [-0.4, -0.2) is 28.3 Å². The molecule has 0 bridgehead atoms. The average Bonchev–Trinajstić information content (AvgIpc) is 3.11. The molecule has 6 heteroatoms. The Kier molecular flexibility index (Phi) is 5.57. The Morgan fingerprint density at radius 2 is 2.23 bits per heavy atom. The Hall–Kier alpha value is -1.85. The molecule has 1 aliphatic heterocycles. The highest BCUT2D eigenvalue weighted by molar-refractivity contribution is 5.90. The lowest BCUT2D eigenvalue weighted by molar-refractivity contribution is -0.116. The van der Waals surface area contributed by atoms with E-state index in [1.54, 1.807) is 10.9 Å². The maximum Gasteiger partial charge on any atom is 0.227 e. The van der Waals surface area contributed by atoms with E-state index in [0.29, 0.717) is 18.3 Å². The lowest BCUT2D eigenvalue weighted by Crippen LogP contribution is -2.28. The molecule has 2 aromatic rings. The van der Waals surface area contributed by atoms with Gasteiger partial charge in [0.05, 0.1) is 11.9 Å². The van der Waals surface area contributed by atoms with E-state index < -0.39 is 0 Å². The van der Waals surface area contributed by atoms with Gasteiger partial charge in [0.15, 0.2) is 0 Å². The highest BCUT2D eigenvalue weighted by Gasteiger charge is 2.18. The van der Waals surface area contributed by atoms with Gasteiger partial charge in [-0.2, -0.15) is 5.10 Å². The molecule has 1 fully saturated rings. The Bertz CT molecular complexity index is 635. The quantitative estimate of drug-likeness (QED) is 0.910. The zero-order chi connectivity index (χ0) is 14.7. The molecule has 0 spiro atoms. The number of hydrogen-bond acceptors (Lipinski definition) is 3. The number of anilines is 1. The summed E-state index contributed by atoms with van der Waals surface area (Å²) in [7, 11) is 0. The topological polar surface area (TPSA) is 59.0 Å². The zero-order valence-corrected chi connectivity index (χ0v) is 13.4. The monoisotopic (exact) mass is 320 g/mol. The average molecular weight is 321 g/mol. The number of carbonyl (C=O) groups excluding carboxylic acids is 1. The molecule has 2 N–H and O–H groups in total. The van der Waals surface area contributed by atoms with Gasteiger partial charge in [-0.05, 0) is 37.9 Å². The van der Waals surface area contributed by atoms with E-state index in [-0.39, 0.29) is 18.3 Å². The summed E-state index contributed by atoms with van der Waals surface area (Å²) in [6.45, 7) is 3.05. The summed E-state index contributed by atoms with van der Waals surface area (Å²) < 4.78 is 1.77. The third-order valence-corrected chi connectivity index (χ3v) is 3.85. The second-order valence-corrected chi connectivity index (χ2v) is 5.46. The smallest absolute Gasteiger partial charge is 0.227 e. The van der Waals surface area contributed by atoms with E-state index in [4.69, 9.17) is 0 Å². The molecular weight excluding hydrogens is 300 g/mol. The lowest BCUT2D eigenvalue weighted by Gasteiger charge is -2.13. The van der Waals surface area contributed by atoms with Gasteiger partial charge in [0.2, 0.25) is 5.91 Å². The van der Waals surface area contributed by atoms with Crippen LogP contribution in [0.1, 0.15) is 24.8 Å². The van der Waals surface area contributed by atoms with Crippen LogP contribution in [0, 0.1) is 6.92 Å². The van der Waals surface area contributed by atoms with Gasteiger partial charge < -0.3 is 10.6 Å². The highest BCUT2D eigenvalue weighted by Crippen LogP contribution is 2.19. The largest absolute Gasteiger partial charge is 0.313 e. The van der Waals surface area contributed by atoms with Crippen LogP contribution in [0.5, 0.6) is 0 Å². The van der Waals surface area contributed by atoms with Crippen LogP contribution in [0.15, 0.2) is 36.5 Å². The number of nitrogens with one attached hydrogen (secondary N) is 2. The Morgan fingerprint density at radius 3 is 2.95 bits per heavy atom. The van der Waals surface area contributed by atoms with Gasteiger partial charge in [-0.1, -0.05) is 18.2 Å². The second-order valence-electron chi connectivity index (χ2n) is 5.46. The first-order chi connectivity index (χ1) is 10.2. The van der Waals surface area contributed by atoms with Crippen LogP contribution in [0.3, 0.4) is 0 Å². The molecule has 22 heavy (non-hydrogen) atoms. The van der Waals surface area contributed by atoms with Crippen molar-refractivity contribution in [3.05, 3.63) is 42.1 Å². The molecule has 2 heterocycles. The molecule has 1 aromatic carbocycles. The van der Waals surface area contributed by atoms with Crippen LogP contribution >= 0.6 is 12.4 Å². The number of para-hydroxylation sites is 1. The SMILES string of the molecule is Cc1ccccc1-n1nccc1NC(=O)CC1CCCN1.Cl. The minimum absolute atomic E-state index is 0. The van der Waals surface area contributed by atoms with Crippen LogP contribution in [0.2, 0.25) is 0 Å². The number of aryl methyl sites for hydroxylation is 1. The minimum Gasteiger partial charge on any atom is -0.313 e. The molecule has 1 atom stereocenters. The molecule has 1 aromatic heterocycles. The number of rotatable bonds is 4. The van der Waals surface area contributed by atoms with E-state index >= 15 is 0 Å². The van der Waals surface area contributed by atoms with Crippen molar-refractivity contribution in [2.24, 2.45) is 0 Å². The van der Waals surface area contributed by atoms with Crippen molar-refractivity contribution in [3.63, 3.8) is 0 Å². The van der Waals surface area contributed by atoms with E-state index in [2.05, 4.69) is 15.7 Å². The highest BCUT2D eigenvalue weighted by atomic mass is 35.5. The normalized spacial score (nSPS) is 17.0. The van der Waals surface area contributed by atoms with E-state index in [1.807, 2.05) is 37.3 Å². The van der Waals surface area contributed by atoms with Crippen molar-refractivity contribution in [3.8, 4) is 5.69 Å². The molecule has 5 nitrogen and oxygen atoms in total. The third kappa shape index (κ3) is 3.67. The Labute approximate surface area is 136 Å². The fraction of sp³-hybridized carbons (Fsp3) is 0.375. The number of carbonyl (C=O) groups is 1. The molecule has 1 unspecified atom stereocenters. The molecule has 0 saturated carbocycles. The van der Waals surface area contributed by atoms with E-state index in [9.17, 15) is 4.79 Å². The summed E-state index contributed by atoms with van der Waals surface area (Å²) >= 11 is 0. The summed E-state index contributed by atoms with van der Waals surface area (Å²) in [5.41, 5.74) is 2.10. The molecule has 1 aliphatic rings. The maximum absolute atomic E-state index is 12.1. The van der Waals surface area contributed by atoms with Crippen LogP contribution < -0.4 is 10.6 Å². The van der Waals surface area contributed by atoms with Gasteiger partial charge in [-0.25, -0.2) is 4.68 Å². The Balaban J connectivity index is 0.00000176.